The smallest absolute Gasteiger partial charge is 0.159 e. The number of anilines is 3. The molecule has 11 rings (SSSR count). The minimum absolute atomic E-state index is 0.808. The molecule has 0 aliphatic rings. The maximum Gasteiger partial charge on any atom is 0.159 e. The van der Waals surface area contributed by atoms with Gasteiger partial charge >= 0.3 is 0 Å². The van der Waals surface area contributed by atoms with E-state index in [1.165, 1.54) is 5.56 Å². The van der Waals surface area contributed by atoms with E-state index < -0.39 is 0 Å². The van der Waals surface area contributed by atoms with Gasteiger partial charge in [0.1, 0.15) is 27.9 Å². The summed E-state index contributed by atoms with van der Waals surface area (Å²) in [5.74, 6) is 0. The monoisotopic (exact) mass is 641 g/mol. The molecule has 4 nitrogen and oxygen atoms in total. The highest BCUT2D eigenvalue weighted by atomic mass is 16.3. The number of hydrogen-bond donors (Lipinski definition) is 0. The Bertz CT molecular complexity index is 3090. The van der Waals surface area contributed by atoms with E-state index in [1.807, 2.05) is 24.3 Å². The van der Waals surface area contributed by atoms with Crippen LogP contribution in [0.4, 0.5) is 17.1 Å². The second-order valence-corrected chi connectivity index (χ2v) is 12.8. The number of nitrogens with zero attached hydrogens (tertiary/aromatic N) is 1. The van der Waals surface area contributed by atoms with Crippen molar-refractivity contribution >= 4 is 93.7 Å². The number of para-hydroxylation sites is 2. The molecule has 11 aromatic rings. The first kappa shape index (κ1) is 27.2. The highest BCUT2D eigenvalue weighted by Gasteiger charge is 2.25. The molecule has 50 heavy (non-hydrogen) atoms. The molecule has 3 aromatic heterocycles. The third kappa shape index (κ3) is 3.87. The molecule has 0 amide bonds. The molecule has 0 N–H and O–H groups in total. The van der Waals surface area contributed by atoms with Crippen LogP contribution in [0.25, 0.3) is 87.7 Å². The molecule has 0 unspecified atom stereocenters. The molecular weight excluding hydrogens is 615 g/mol. The van der Waals surface area contributed by atoms with Crippen LogP contribution in [0.5, 0.6) is 0 Å². The standard InChI is InChI=1S/C46H27NO3/c1-2-10-28(11-3-1)29-20-23-31(24-21-29)47(37-16-9-19-40-42(37)36-25-22-30-12-4-5-13-32(30)44(36)49-40)38-17-8-15-33-34-26-27-41-43(46(34)50-45(33)38)35-14-6-7-18-39(35)48-41/h1-27H. The van der Waals surface area contributed by atoms with Gasteiger partial charge in [-0.3, -0.25) is 0 Å². The van der Waals surface area contributed by atoms with Crippen molar-refractivity contribution in [1.29, 1.82) is 0 Å². The number of rotatable bonds is 4. The summed E-state index contributed by atoms with van der Waals surface area (Å²) in [6.07, 6.45) is 0. The predicted octanol–water partition coefficient (Wildman–Crippen LogP) is 13.7. The Balaban J connectivity index is 1.21. The Morgan fingerprint density at radius 3 is 1.88 bits per heavy atom. The number of fused-ring (bicyclic) bond motifs is 12. The molecule has 0 spiro atoms. The molecule has 234 valence electrons. The SMILES string of the molecule is c1ccc(-c2ccc(N(c3cccc4c3oc3c4ccc4oc5ccccc5c43)c3cccc4oc5c6ccccc6ccc5c34)cc2)cc1. The van der Waals surface area contributed by atoms with Gasteiger partial charge in [-0.2, -0.15) is 0 Å². The molecule has 0 aliphatic carbocycles. The lowest BCUT2D eigenvalue weighted by Gasteiger charge is -2.26. The quantitative estimate of drug-likeness (QED) is 0.192. The second-order valence-electron chi connectivity index (χ2n) is 12.8. The fraction of sp³-hybridized carbons (Fsp3) is 0. The molecule has 3 heterocycles. The highest BCUT2D eigenvalue weighted by Crippen LogP contribution is 2.48. The van der Waals surface area contributed by atoms with Crippen LogP contribution in [0.1, 0.15) is 0 Å². The van der Waals surface area contributed by atoms with E-state index in [0.717, 1.165) is 99.2 Å². The van der Waals surface area contributed by atoms with E-state index in [0.29, 0.717) is 0 Å². The van der Waals surface area contributed by atoms with Gasteiger partial charge in [0, 0.05) is 32.6 Å². The van der Waals surface area contributed by atoms with Crippen molar-refractivity contribution < 1.29 is 13.3 Å². The zero-order valence-electron chi connectivity index (χ0n) is 26.8. The van der Waals surface area contributed by atoms with Crippen molar-refractivity contribution in [1.82, 2.24) is 0 Å². The summed E-state index contributed by atoms with van der Waals surface area (Å²) in [5.41, 5.74) is 10.3. The first-order valence-electron chi connectivity index (χ1n) is 16.8. The van der Waals surface area contributed by atoms with E-state index in [4.69, 9.17) is 13.3 Å². The average Bonchev–Trinajstić information content (AvgIpc) is 3.87. The Hall–Kier alpha value is -6.78. The normalized spacial score (nSPS) is 12.0. The van der Waals surface area contributed by atoms with Crippen LogP contribution >= 0.6 is 0 Å². The Kier molecular flexibility index (Phi) is 5.63. The van der Waals surface area contributed by atoms with E-state index >= 15 is 0 Å². The van der Waals surface area contributed by atoms with Gasteiger partial charge in [-0.15, -0.1) is 0 Å². The zero-order chi connectivity index (χ0) is 32.8. The maximum atomic E-state index is 6.99. The summed E-state index contributed by atoms with van der Waals surface area (Å²) < 4.78 is 19.9. The van der Waals surface area contributed by atoms with Gasteiger partial charge in [-0.05, 0) is 71.1 Å². The van der Waals surface area contributed by atoms with Crippen molar-refractivity contribution in [3.63, 3.8) is 0 Å². The minimum atomic E-state index is 0.808. The summed E-state index contributed by atoms with van der Waals surface area (Å²) in [4.78, 5) is 2.32. The molecule has 4 heteroatoms. The van der Waals surface area contributed by atoms with Crippen molar-refractivity contribution in [3.05, 3.63) is 164 Å². The molecule has 0 fully saturated rings. The van der Waals surface area contributed by atoms with Crippen LogP contribution in [0.3, 0.4) is 0 Å². The summed E-state index contributed by atoms with van der Waals surface area (Å²) in [5, 5.41) is 8.52. The largest absolute Gasteiger partial charge is 0.456 e. The summed E-state index contributed by atoms with van der Waals surface area (Å²) in [6.45, 7) is 0. The Labute approximate surface area is 286 Å². The van der Waals surface area contributed by atoms with E-state index in [-0.39, 0.29) is 0 Å². The maximum absolute atomic E-state index is 6.99. The third-order valence-electron chi connectivity index (χ3n) is 10.1. The fourth-order valence-corrected chi connectivity index (χ4v) is 7.79. The number of furan rings is 3. The van der Waals surface area contributed by atoms with Crippen LogP contribution in [-0.4, -0.2) is 0 Å². The lowest BCUT2D eigenvalue weighted by molar-refractivity contribution is 0.662. The third-order valence-corrected chi connectivity index (χ3v) is 10.1. The lowest BCUT2D eigenvalue weighted by atomic mass is 10.0. The van der Waals surface area contributed by atoms with E-state index in [2.05, 4.69) is 144 Å². The van der Waals surface area contributed by atoms with E-state index in [9.17, 15) is 0 Å². The number of hydrogen-bond acceptors (Lipinski definition) is 4. The van der Waals surface area contributed by atoms with Crippen molar-refractivity contribution in [2.75, 3.05) is 4.90 Å². The van der Waals surface area contributed by atoms with E-state index in [1.54, 1.807) is 0 Å². The van der Waals surface area contributed by atoms with Gasteiger partial charge in [0.15, 0.2) is 5.58 Å². The van der Waals surface area contributed by atoms with Crippen LogP contribution in [0.15, 0.2) is 177 Å². The molecular formula is C46H27NO3. The van der Waals surface area contributed by atoms with Gasteiger partial charge in [0.25, 0.3) is 0 Å². The average molecular weight is 642 g/mol. The van der Waals surface area contributed by atoms with Crippen LogP contribution < -0.4 is 4.90 Å². The molecule has 0 saturated carbocycles. The molecule has 0 saturated heterocycles. The van der Waals surface area contributed by atoms with Crippen LogP contribution in [0.2, 0.25) is 0 Å². The van der Waals surface area contributed by atoms with Crippen LogP contribution in [0, 0.1) is 0 Å². The fourth-order valence-electron chi connectivity index (χ4n) is 7.79. The summed E-state index contributed by atoms with van der Waals surface area (Å²) >= 11 is 0. The zero-order valence-corrected chi connectivity index (χ0v) is 26.8. The first-order valence-corrected chi connectivity index (χ1v) is 16.8. The van der Waals surface area contributed by atoms with Crippen LogP contribution in [-0.2, 0) is 0 Å². The van der Waals surface area contributed by atoms with Gasteiger partial charge in [-0.25, -0.2) is 0 Å². The van der Waals surface area contributed by atoms with Crippen molar-refractivity contribution in [2.45, 2.75) is 0 Å². The topological polar surface area (TPSA) is 42.7 Å². The molecule has 0 bridgehead atoms. The molecule has 0 aliphatic heterocycles. The lowest BCUT2D eigenvalue weighted by Crippen LogP contribution is -2.10. The van der Waals surface area contributed by atoms with Crippen molar-refractivity contribution in [3.8, 4) is 11.1 Å². The highest BCUT2D eigenvalue weighted by molar-refractivity contribution is 6.24. The number of benzene rings is 8. The molecule has 8 aromatic carbocycles. The second kappa shape index (κ2) is 10.4. The first-order chi connectivity index (χ1) is 24.8. The van der Waals surface area contributed by atoms with Gasteiger partial charge in [0.2, 0.25) is 0 Å². The summed E-state index contributed by atoms with van der Waals surface area (Å²) in [6, 6.07) is 57.1. The van der Waals surface area contributed by atoms with Gasteiger partial charge in [-0.1, -0.05) is 109 Å². The molecule has 0 atom stereocenters. The van der Waals surface area contributed by atoms with Crippen molar-refractivity contribution in [2.24, 2.45) is 0 Å². The van der Waals surface area contributed by atoms with Gasteiger partial charge in [0.05, 0.1) is 22.1 Å². The predicted molar refractivity (Wildman–Crippen MR) is 206 cm³/mol. The summed E-state index contributed by atoms with van der Waals surface area (Å²) in [7, 11) is 0. The minimum Gasteiger partial charge on any atom is -0.456 e. The van der Waals surface area contributed by atoms with Gasteiger partial charge < -0.3 is 18.2 Å². The Morgan fingerprint density at radius 2 is 0.980 bits per heavy atom. The Morgan fingerprint density at radius 1 is 0.320 bits per heavy atom. The molecule has 0 radical (unpaired) electrons.